The largest absolute Gasteiger partial charge is 0.382 e. The molecule has 2 heterocycles. The maximum Gasteiger partial charge on any atom is 0.266 e. The summed E-state index contributed by atoms with van der Waals surface area (Å²) in [6.07, 6.45) is 0.357. The number of para-hydroxylation sites is 1. The molecule has 0 aliphatic rings. The van der Waals surface area contributed by atoms with Gasteiger partial charge in [-0.15, -0.1) is 0 Å². The van der Waals surface area contributed by atoms with Crippen LogP contribution in [-0.2, 0) is 0 Å². The van der Waals surface area contributed by atoms with Crippen LogP contribution < -0.4 is 22.3 Å². The number of hydrogen-bond acceptors (Lipinski definition) is 8. The number of benzene rings is 2. The van der Waals surface area contributed by atoms with Crippen LogP contribution in [0.3, 0.4) is 0 Å². The SMILES string of the molecule is CC[C@H](Nc1nc(N)nc(N)c1C#N)c1nc2c(C)cccc2c(=O)n1-c1cc(F)cc(F)c1. The van der Waals surface area contributed by atoms with Gasteiger partial charge in [-0.1, -0.05) is 19.1 Å². The van der Waals surface area contributed by atoms with Crippen molar-refractivity contribution in [3.05, 3.63) is 75.3 Å². The lowest BCUT2D eigenvalue weighted by molar-refractivity contribution is 0.578. The number of aromatic nitrogens is 4. The number of nitrogens with zero attached hydrogens (tertiary/aromatic N) is 5. The van der Waals surface area contributed by atoms with Crippen molar-refractivity contribution in [2.24, 2.45) is 0 Å². The highest BCUT2D eigenvalue weighted by molar-refractivity contribution is 5.81. The first-order chi connectivity index (χ1) is 16.2. The van der Waals surface area contributed by atoms with Crippen LogP contribution in [0.4, 0.5) is 26.4 Å². The fraction of sp³-hybridized carbons (Fsp3) is 0.174. The first-order valence-corrected chi connectivity index (χ1v) is 10.3. The van der Waals surface area contributed by atoms with Gasteiger partial charge in [0, 0.05) is 6.07 Å². The summed E-state index contributed by atoms with van der Waals surface area (Å²) in [5.41, 5.74) is 12.1. The highest BCUT2D eigenvalue weighted by Crippen LogP contribution is 2.28. The van der Waals surface area contributed by atoms with Crippen molar-refractivity contribution in [1.29, 1.82) is 5.26 Å². The number of nitrogens with two attached hydrogens (primary N) is 2. The molecule has 0 radical (unpaired) electrons. The summed E-state index contributed by atoms with van der Waals surface area (Å²) in [5, 5.41) is 12.9. The molecule has 0 amide bonds. The standard InChI is InChI=1S/C23H20F2N8O/c1-3-17(29-20-16(10-26)19(27)31-23(28)32-20)21-30-18-11(2)5-4-6-15(18)22(34)33(21)14-8-12(24)7-13(25)9-14/h4-9,17H,3H2,1-2H3,(H5,27,28,29,31,32)/t17-/m0/s1. The molecule has 1 atom stereocenters. The topological polar surface area (TPSA) is 149 Å². The van der Waals surface area contributed by atoms with Gasteiger partial charge in [-0.2, -0.15) is 15.2 Å². The molecule has 11 heteroatoms. The Morgan fingerprint density at radius 3 is 2.50 bits per heavy atom. The molecular weight excluding hydrogens is 442 g/mol. The molecule has 0 saturated carbocycles. The van der Waals surface area contributed by atoms with Gasteiger partial charge in [0.2, 0.25) is 5.95 Å². The van der Waals surface area contributed by atoms with Crippen LogP contribution in [0.1, 0.15) is 36.3 Å². The van der Waals surface area contributed by atoms with Gasteiger partial charge in [0.25, 0.3) is 5.56 Å². The Hall–Kier alpha value is -4.59. The normalized spacial score (nSPS) is 11.9. The number of anilines is 3. The molecule has 9 nitrogen and oxygen atoms in total. The summed E-state index contributed by atoms with van der Waals surface area (Å²) in [5.74, 6) is -1.74. The summed E-state index contributed by atoms with van der Waals surface area (Å²) in [4.78, 5) is 26.1. The summed E-state index contributed by atoms with van der Waals surface area (Å²) >= 11 is 0. The summed E-state index contributed by atoms with van der Waals surface area (Å²) < 4.78 is 29.3. The van der Waals surface area contributed by atoms with E-state index in [1.54, 1.807) is 25.1 Å². The van der Waals surface area contributed by atoms with Crippen LogP contribution in [-0.4, -0.2) is 19.5 Å². The Kier molecular flexibility index (Phi) is 5.81. The molecule has 0 aliphatic heterocycles. The molecule has 0 bridgehead atoms. The zero-order valence-corrected chi connectivity index (χ0v) is 18.3. The predicted octanol–water partition coefficient (Wildman–Crippen LogP) is 3.36. The van der Waals surface area contributed by atoms with E-state index in [9.17, 15) is 18.8 Å². The van der Waals surface area contributed by atoms with Crippen molar-refractivity contribution in [1.82, 2.24) is 19.5 Å². The van der Waals surface area contributed by atoms with Crippen LogP contribution in [0.2, 0.25) is 0 Å². The van der Waals surface area contributed by atoms with E-state index in [1.165, 1.54) is 0 Å². The Labute approximate surface area is 192 Å². The third kappa shape index (κ3) is 3.97. The number of nitrogens with one attached hydrogen (secondary N) is 1. The molecule has 0 saturated heterocycles. The second-order valence-electron chi connectivity index (χ2n) is 7.62. The maximum absolute atomic E-state index is 14.1. The van der Waals surface area contributed by atoms with Gasteiger partial charge in [0.05, 0.1) is 22.6 Å². The lowest BCUT2D eigenvalue weighted by Crippen LogP contribution is -2.29. The van der Waals surface area contributed by atoms with E-state index in [2.05, 4.69) is 15.3 Å². The molecule has 172 valence electrons. The van der Waals surface area contributed by atoms with Gasteiger partial charge in [0.1, 0.15) is 34.9 Å². The number of aryl methyl sites for hydroxylation is 1. The molecule has 4 rings (SSSR count). The van der Waals surface area contributed by atoms with Crippen molar-refractivity contribution in [3.8, 4) is 11.8 Å². The molecule has 34 heavy (non-hydrogen) atoms. The van der Waals surface area contributed by atoms with Crippen LogP contribution in [0.5, 0.6) is 0 Å². The Balaban J connectivity index is 2.01. The number of nitrogen functional groups attached to an aromatic ring is 2. The molecule has 4 aromatic rings. The van der Waals surface area contributed by atoms with Gasteiger partial charge in [0.15, 0.2) is 5.82 Å². The predicted molar refractivity (Wildman–Crippen MR) is 124 cm³/mol. The highest BCUT2D eigenvalue weighted by Gasteiger charge is 2.24. The number of halogens is 2. The van der Waals surface area contributed by atoms with E-state index in [1.807, 2.05) is 13.0 Å². The average molecular weight is 462 g/mol. The molecule has 2 aromatic carbocycles. The van der Waals surface area contributed by atoms with Crippen molar-refractivity contribution in [2.45, 2.75) is 26.3 Å². The summed E-state index contributed by atoms with van der Waals surface area (Å²) in [6, 6.07) is 9.13. The zero-order chi connectivity index (χ0) is 24.6. The van der Waals surface area contributed by atoms with Crippen molar-refractivity contribution < 1.29 is 8.78 Å². The summed E-state index contributed by atoms with van der Waals surface area (Å²) in [6.45, 7) is 3.61. The van der Waals surface area contributed by atoms with Crippen LogP contribution in [0.15, 0.2) is 41.2 Å². The Bertz CT molecular complexity index is 1510. The minimum atomic E-state index is -0.846. The van der Waals surface area contributed by atoms with E-state index < -0.39 is 23.2 Å². The van der Waals surface area contributed by atoms with Crippen LogP contribution >= 0.6 is 0 Å². The number of fused-ring (bicyclic) bond motifs is 1. The van der Waals surface area contributed by atoms with Crippen molar-refractivity contribution in [3.63, 3.8) is 0 Å². The molecule has 0 fully saturated rings. The lowest BCUT2D eigenvalue weighted by Gasteiger charge is -2.23. The van der Waals surface area contributed by atoms with Crippen molar-refractivity contribution >= 4 is 28.5 Å². The van der Waals surface area contributed by atoms with E-state index in [0.29, 0.717) is 18.0 Å². The lowest BCUT2D eigenvalue weighted by atomic mass is 10.1. The number of rotatable bonds is 5. The van der Waals surface area contributed by atoms with E-state index in [4.69, 9.17) is 16.5 Å². The van der Waals surface area contributed by atoms with E-state index in [0.717, 1.165) is 22.3 Å². The minimum Gasteiger partial charge on any atom is -0.382 e. The molecule has 2 aromatic heterocycles. The first-order valence-electron chi connectivity index (χ1n) is 10.3. The Morgan fingerprint density at radius 2 is 1.85 bits per heavy atom. The molecular formula is C23H20F2N8O. The molecule has 0 spiro atoms. The van der Waals surface area contributed by atoms with Gasteiger partial charge in [-0.05, 0) is 37.1 Å². The number of hydrogen-bond donors (Lipinski definition) is 3. The fourth-order valence-electron chi connectivity index (χ4n) is 3.75. The third-order valence-electron chi connectivity index (χ3n) is 5.33. The first kappa shape index (κ1) is 22.6. The van der Waals surface area contributed by atoms with Crippen LogP contribution in [0.25, 0.3) is 16.6 Å². The second-order valence-corrected chi connectivity index (χ2v) is 7.62. The fourth-order valence-corrected chi connectivity index (χ4v) is 3.75. The maximum atomic E-state index is 14.1. The zero-order valence-electron chi connectivity index (χ0n) is 18.3. The smallest absolute Gasteiger partial charge is 0.266 e. The second kappa shape index (κ2) is 8.74. The van der Waals surface area contributed by atoms with E-state index in [-0.39, 0.29) is 40.0 Å². The highest BCUT2D eigenvalue weighted by atomic mass is 19.1. The monoisotopic (exact) mass is 462 g/mol. The number of nitriles is 1. The van der Waals surface area contributed by atoms with Crippen LogP contribution in [0, 0.1) is 29.9 Å². The van der Waals surface area contributed by atoms with Gasteiger partial charge < -0.3 is 16.8 Å². The minimum absolute atomic E-state index is 0.0316. The van der Waals surface area contributed by atoms with Crippen molar-refractivity contribution in [2.75, 3.05) is 16.8 Å². The van der Waals surface area contributed by atoms with Gasteiger partial charge in [-0.25, -0.2) is 13.8 Å². The molecule has 5 N–H and O–H groups in total. The Morgan fingerprint density at radius 1 is 1.15 bits per heavy atom. The molecule has 0 aliphatic carbocycles. The van der Waals surface area contributed by atoms with Gasteiger partial charge in [-0.3, -0.25) is 9.36 Å². The molecule has 0 unspecified atom stereocenters. The van der Waals surface area contributed by atoms with Gasteiger partial charge >= 0.3 is 0 Å². The van der Waals surface area contributed by atoms with E-state index >= 15 is 0 Å². The third-order valence-corrected chi connectivity index (χ3v) is 5.33. The average Bonchev–Trinajstić information content (AvgIpc) is 2.77. The summed E-state index contributed by atoms with van der Waals surface area (Å²) in [7, 11) is 0. The quantitative estimate of drug-likeness (QED) is 0.409.